The van der Waals surface area contributed by atoms with E-state index >= 15 is 0 Å². The van der Waals surface area contributed by atoms with Crippen molar-refractivity contribution in [2.45, 2.75) is 19.4 Å². The molecular weight excluding hydrogens is 415 g/mol. The monoisotopic (exact) mass is 437 g/mol. The van der Waals surface area contributed by atoms with Crippen LogP contribution in [0.2, 0.25) is 0 Å². The fourth-order valence-electron chi connectivity index (χ4n) is 2.21. The van der Waals surface area contributed by atoms with Crippen molar-refractivity contribution in [3.8, 4) is 0 Å². The molecule has 1 aromatic rings. The quantitative estimate of drug-likeness (QED) is 0.322. The zero-order valence-corrected chi connectivity index (χ0v) is 15.4. The summed E-state index contributed by atoms with van der Waals surface area (Å²) >= 11 is 0. The second-order valence-electron chi connectivity index (χ2n) is 5.03. The molecule has 0 atom stereocenters. The van der Waals surface area contributed by atoms with Crippen LogP contribution in [0.3, 0.4) is 0 Å². The molecule has 2 rings (SSSR count). The van der Waals surface area contributed by atoms with E-state index in [0.717, 1.165) is 38.1 Å². The number of hydrogen-bond acceptors (Lipinski definition) is 2. The molecule has 0 saturated heterocycles. The van der Waals surface area contributed by atoms with Crippen LogP contribution in [0.25, 0.3) is 0 Å². The Hall–Kier alpha value is -1.22. The Balaban J connectivity index is 0.00000264. The molecule has 0 amide bonds. The van der Waals surface area contributed by atoms with Crippen LogP contribution in [0.15, 0.2) is 34.8 Å². The van der Waals surface area contributed by atoms with Crippen molar-refractivity contribution in [1.29, 1.82) is 0 Å². The van der Waals surface area contributed by atoms with Gasteiger partial charge >= 0.3 is 0 Å². The largest absolute Gasteiger partial charge is 0.377 e. The minimum atomic E-state index is -0.451. The van der Waals surface area contributed by atoms with Crippen LogP contribution in [0.5, 0.6) is 0 Å². The van der Waals surface area contributed by atoms with E-state index in [1.165, 1.54) is 11.6 Å². The normalized spacial score (nSPS) is 14.7. The molecule has 2 N–H and O–H groups in total. The molecule has 7 heteroatoms. The van der Waals surface area contributed by atoms with Crippen LogP contribution in [-0.2, 0) is 11.3 Å². The predicted octanol–water partition coefficient (Wildman–Crippen LogP) is 2.98. The zero-order chi connectivity index (χ0) is 15.8. The molecule has 1 heterocycles. The highest BCUT2D eigenvalue weighted by Gasteiger charge is 2.06. The number of nitrogens with one attached hydrogen (secondary N) is 2. The first kappa shape index (κ1) is 19.8. The molecule has 23 heavy (non-hydrogen) atoms. The lowest BCUT2D eigenvalue weighted by atomic mass is 10.1. The van der Waals surface area contributed by atoms with Crippen molar-refractivity contribution < 1.29 is 13.5 Å². The van der Waals surface area contributed by atoms with Crippen molar-refractivity contribution in [2.24, 2.45) is 4.99 Å². The second kappa shape index (κ2) is 10.5. The lowest BCUT2D eigenvalue weighted by Gasteiger charge is -2.15. The van der Waals surface area contributed by atoms with Crippen molar-refractivity contribution in [3.63, 3.8) is 0 Å². The van der Waals surface area contributed by atoms with Gasteiger partial charge in [-0.25, -0.2) is 8.78 Å². The van der Waals surface area contributed by atoms with Gasteiger partial charge in [-0.3, -0.25) is 4.99 Å². The Morgan fingerprint density at radius 2 is 2.13 bits per heavy atom. The van der Waals surface area contributed by atoms with Gasteiger partial charge in [-0.2, -0.15) is 0 Å². The topological polar surface area (TPSA) is 45.7 Å². The zero-order valence-electron chi connectivity index (χ0n) is 13.1. The van der Waals surface area contributed by atoms with E-state index in [4.69, 9.17) is 4.74 Å². The number of halogens is 3. The van der Waals surface area contributed by atoms with E-state index in [2.05, 4.69) is 21.7 Å². The van der Waals surface area contributed by atoms with Crippen LogP contribution in [0.4, 0.5) is 8.78 Å². The smallest absolute Gasteiger partial charge is 0.191 e. The second-order valence-corrected chi connectivity index (χ2v) is 5.03. The number of rotatable bonds is 5. The maximum Gasteiger partial charge on any atom is 0.191 e. The summed E-state index contributed by atoms with van der Waals surface area (Å²) in [6.07, 6.45) is 3.98. The third kappa shape index (κ3) is 6.82. The van der Waals surface area contributed by atoms with Crippen molar-refractivity contribution in [2.75, 3.05) is 26.8 Å². The summed E-state index contributed by atoms with van der Waals surface area (Å²) in [5.41, 5.74) is 1.64. The minimum Gasteiger partial charge on any atom is -0.377 e. The third-order valence-corrected chi connectivity index (χ3v) is 3.47. The minimum absolute atomic E-state index is 0. The highest BCUT2D eigenvalue weighted by atomic mass is 127. The number of aliphatic imine (C=N–C) groups is 1. The molecule has 0 fully saturated rings. The summed E-state index contributed by atoms with van der Waals surface area (Å²) in [6.45, 7) is 2.37. The summed E-state index contributed by atoms with van der Waals surface area (Å²) in [7, 11) is 1.64. The molecule has 1 aliphatic heterocycles. The first-order valence-electron chi connectivity index (χ1n) is 7.33. The van der Waals surface area contributed by atoms with Gasteiger partial charge in [-0.15, -0.1) is 24.0 Å². The lowest BCUT2D eigenvalue weighted by Crippen LogP contribution is -2.37. The Kier molecular flexibility index (Phi) is 9.08. The lowest BCUT2D eigenvalue weighted by molar-refractivity contribution is 0.153. The standard InChI is InChI=1S/C16H21F2N3O.HI/c1-19-16(20-7-4-12-5-8-22-9-6-12)21-11-13-10-14(17)2-3-15(13)18;/h2-3,5,10H,4,6-9,11H2,1H3,(H2,19,20,21);1H. The van der Waals surface area contributed by atoms with Crippen LogP contribution in [0, 0.1) is 11.6 Å². The summed E-state index contributed by atoms with van der Waals surface area (Å²) in [6, 6.07) is 3.41. The summed E-state index contributed by atoms with van der Waals surface area (Å²) in [5.74, 6) is -0.319. The molecule has 0 radical (unpaired) electrons. The van der Waals surface area contributed by atoms with Crippen LogP contribution < -0.4 is 10.6 Å². The van der Waals surface area contributed by atoms with Crippen molar-refractivity contribution in [1.82, 2.24) is 10.6 Å². The fraction of sp³-hybridized carbons (Fsp3) is 0.438. The molecule has 0 aliphatic carbocycles. The average Bonchev–Trinajstić information content (AvgIpc) is 2.54. The first-order chi connectivity index (χ1) is 10.7. The number of benzene rings is 1. The van der Waals surface area contributed by atoms with Crippen molar-refractivity contribution in [3.05, 3.63) is 47.0 Å². The van der Waals surface area contributed by atoms with Gasteiger partial charge in [0.25, 0.3) is 0 Å². The molecule has 1 aliphatic rings. The van der Waals surface area contributed by atoms with Gasteiger partial charge in [0.15, 0.2) is 5.96 Å². The third-order valence-electron chi connectivity index (χ3n) is 3.47. The van der Waals surface area contributed by atoms with E-state index in [-0.39, 0.29) is 36.1 Å². The van der Waals surface area contributed by atoms with Gasteiger partial charge in [0.2, 0.25) is 0 Å². The van der Waals surface area contributed by atoms with Gasteiger partial charge in [-0.1, -0.05) is 11.6 Å². The number of ether oxygens (including phenoxy) is 1. The Bertz CT molecular complexity index is 564. The van der Waals surface area contributed by atoms with Gasteiger partial charge < -0.3 is 15.4 Å². The van der Waals surface area contributed by atoms with E-state index < -0.39 is 11.6 Å². The molecule has 0 saturated carbocycles. The van der Waals surface area contributed by atoms with Crippen LogP contribution in [0.1, 0.15) is 18.4 Å². The van der Waals surface area contributed by atoms with E-state index in [1.54, 1.807) is 7.05 Å². The molecule has 128 valence electrons. The molecule has 0 aromatic heterocycles. The van der Waals surface area contributed by atoms with Gasteiger partial charge in [0.1, 0.15) is 11.6 Å². The van der Waals surface area contributed by atoms with Gasteiger partial charge in [0, 0.05) is 25.7 Å². The number of hydrogen-bond donors (Lipinski definition) is 2. The molecule has 1 aromatic carbocycles. The molecule has 4 nitrogen and oxygen atoms in total. The highest BCUT2D eigenvalue weighted by molar-refractivity contribution is 14.0. The molecule has 0 spiro atoms. The summed E-state index contributed by atoms with van der Waals surface area (Å²) in [5, 5.41) is 6.14. The Labute approximate surface area is 152 Å². The first-order valence-corrected chi connectivity index (χ1v) is 7.33. The van der Waals surface area contributed by atoms with Crippen LogP contribution in [-0.4, -0.2) is 32.8 Å². The predicted molar refractivity (Wildman–Crippen MR) is 98.1 cm³/mol. The van der Waals surface area contributed by atoms with E-state index in [9.17, 15) is 8.78 Å². The molecule has 0 bridgehead atoms. The van der Waals surface area contributed by atoms with Crippen molar-refractivity contribution >= 4 is 29.9 Å². The molecule has 0 unspecified atom stereocenters. The Morgan fingerprint density at radius 3 is 2.83 bits per heavy atom. The molecular formula is C16H22F2IN3O. The Morgan fingerprint density at radius 1 is 1.30 bits per heavy atom. The maximum absolute atomic E-state index is 13.5. The summed E-state index contributed by atoms with van der Waals surface area (Å²) < 4.78 is 31.9. The SMILES string of the molecule is CN=C(NCCC1=CCOCC1)NCc1cc(F)ccc1F.I. The number of guanidine groups is 1. The van der Waals surface area contributed by atoms with E-state index in [1.807, 2.05) is 0 Å². The van der Waals surface area contributed by atoms with E-state index in [0.29, 0.717) is 12.6 Å². The average molecular weight is 437 g/mol. The fourth-order valence-corrected chi connectivity index (χ4v) is 2.21. The number of nitrogens with zero attached hydrogens (tertiary/aromatic N) is 1. The van der Waals surface area contributed by atoms with Gasteiger partial charge in [-0.05, 0) is 31.0 Å². The highest BCUT2D eigenvalue weighted by Crippen LogP contribution is 2.11. The maximum atomic E-state index is 13.5. The van der Waals surface area contributed by atoms with Crippen LogP contribution >= 0.6 is 24.0 Å². The summed E-state index contributed by atoms with van der Waals surface area (Å²) in [4.78, 5) is 4.07. The van der Waals surface area contributed by atoms with Gasteiger partial charge in [0.05, 0.1) is 13.2 Å².